The fraction of sp³-hybridized carbons (Fsp3) is 0.350. The second-order valence-electron chi connectivity index (χ2n) is 6.94. The molecule has 0 bridgehead atoms. The Morgan fingerprint density at radius 3 is 2.75 bits per heavy atom. The Balaban J connectivity index is 1.59. The second-order valence-corrected chi connectivity index (χ2v) is 7.89. The van der Waals surface area contributed by atoms with Gasteiger partial charge in [-0.25, -0.2) is 0 Å². The lowest BCUT2D eigenvalue weighted by Crippen LogP contribution is -2.43. The SMILES string of the molecule is CC(O)(CNC(=O)C(=O)Nc1cccc(N2CCCCC2=O)c1)c1cccs1. The van der Waals surface area contributed by atoms with Crippen molar-refractivity contribution in [3.8, 4) is 0 Å². The molecule has 7 nitrogen and oxygen atoms in total. The first-order chi connectivity index (χ1) is 13.4. The molecule has 1 aromatic heterocycles. The summed E-state index contributed by atoms with van der Waals surface area (Å²) in [5, 5.41) is 17.3. The number of piperidine rings is 1. The molecule has 0 spiro atoms. The van der Waals surface area contributed by atoms with Gasteiger partial charge >= 0.3 is 11.8 Å². The summed E-state index contributed by atoms with van der Waals surface area (Å²) in [6.07, 6.45) is 2.35. The zero-order chi connectivity index (χ0) is 20.1. The summed E-state index contributed by atoms with van der Waals surface area (Å²) in [7, 11) is 0. The minimum Gasteiger partial charge on any atom is -0.383 e. The molecule has 0 saturated carbocycles. The maximum Gasteiger partial charge on any atom is 0.313 e. The second kappa shape index (κ2) is 8.53. The third kappa shape index (κ3) is 4.76. The van der Waals surface area contributed by atoms with E-state index in [1.54, 1.807) is 42.2 Å². The fourth-order valence-electron chi connectivity index (χ4n) is 3.02. The van der Waals surface area contributed by atoms with Gasteiger partial charge in [-0.2, -0.15) is 0 Å². The summed E-state index contributed by atoms with van der Waals surface area (Å²) in [6.45, 7) is 2.15. The summed E-state index contributed by atoms with van der Waals surface area (Å²) in [6, 6.07) is 10.4. The van der Waals surface area contributed by atoms with Gasteiger partial charge in [0.25, 0.3) is 0 Å². The molecule has 1 atom stereocenters. The summed E-state index contributed by atoms with van der Waals surface area (Å²) >= 11 is 1.37. The van der Waals surface area contributed by atoms with Crippen molar-refractivity contribution >= 4 is 40.4 Å². The maximum atomic E-state index is 12.2. The molecule has 0 aliphatic carbocycles. The predicted octanol–water partition coefficient (Wildman–Crippen LogP) is 2.23. The van der Waals surface area contributed by atoms with E-state index in [0.717, 1.165) is 12.8 Å². The van der Waals surface area contributed by atoms with Crippen molar-refractivity contribution in [1.82, 2.24) is 5.32 Å². The number of amides is 3. The van der Waals surface area contributed by atoms with E-state index in [1.807, 2.05) is 11.4 Å². The zero-order valence-corrected chi connectivity index (χ0v) is 16.4. The van der Waals surface area contributed by atoms with Crippen LogP contribution in [0, 0.1) is 0 Å². The Hall–Kier alpha value is -2.71. The Morgan fingerprint density at radius 2 is 2.04 bits per heavy atom. The molecule has 3 rings (SSSR count). The van der Waals surface area contributed by atoms with Gasteiger partial charge in [-0.05, 0) is 49.4 Å². The molecule has 3 amide bonds. The van der Waals surface area contributed by atoms with Gasteiger partial charge in [-0.3, -0.25) is 14.4 Å². The largest absolute Gasteiger partial charge is 0.383 e. The number of nitrogens with one attached hydrogen (secondary N) is 2. The maximum absolute atomic E-state index is 12.2. The number of anilines is 2. The fourth-order valence-corrected chi connectivity index (χ4v) is 3.81. The number of carbonyl (C=O) groups excluding carboxylic acids is 3. The lowest BCUT2D eigenvalue weighted by molar-refractivity contribution is -0.136. The van der Waals surface area contributed by atoms with Crippen molar-refractivity contribution < 1.29 is 19.5 Å². The van der Waals surface area contributed by atoms with E-state index in [4.69, 9.17) is 0 Å². The molecular weight excluding hydrogens is 378 g/mol. The summed E-state index contributed by atoms with van der Waals surface area (Å²) in [4.78, 5) is 38.7. The molecule has 1 saturated heterocycles. The highest BCUT2D eigenvalue weighted by molar-refractivity contribution is 7.10. The Kier molecular flexibility index (Phi) is 6.11. The molecule has 1 unspecified atom stereocenters. The van der Waals surface area contributed by atoms with E-state index >= 15 is 0 Å². The van der Waals surface area contributed by atoms with Crippen LogP contribution in [0.15, 0.2) is 41.8 Å². The normalized spacial score (nSPS) is 16.4. The highest BCUT2D eigenvalue weighted by Crippen LogP contribution is 2.25. The number of rotatable bonds is 5. The highest BCUT2D eigenvalue weighted by atomic mass is 32.1. The van der Waals surface area contributed by atoms with Crippen molar-refractivity contribution in [2.75, 3.05) is 23.3 Å². The van der Waals surface area contributed by atoms with Crippen LogP contribution in [0.25, 0.3) is 0 Å². The lowest BCUT2D eigenvalue weighted by atomic mass is 10.1. The first kappa shape index (κ1) is 20.0. The quantitative estimate of drug-likeness (QED) is 0.669. The minimum atomic E-state index is -1.25. The summed E-state index contributed by atoms with van der Waals surface area (Å²) in [5.74, 6) is -1.61. The smallest absolute Gasteiger partial charge is 0.313 e. The molecule has 8 heteroatoms. The van der Waals surface area contributed by atoms with E-state index in [2.05, 4.69) is 10.6 Å². The van der Waals surface area contributed by atoms with Gasteiger partial charge in [-0.15, -0.1) is 11.3 Å². The van der Waals surface area contributed by atoms with Crippen molar-refractivity contribution in [1.29, 1.82) is 0 Å². The number of aliphatic hydroxyl groups is 1. The van der Waals surface area contributed by atoms with Crippen molar-refractivity contribution in [2.24, 2.45) is 0 Å². The van der Waals surface area contributed by atoms with Crippen LogP contribution in [0.4, 0.5) is 11.4 Å². The Labute approximate surface area is 167 Å². The number of hydrogen-bond donors (Lipinski definition) is 3. The van der Waals surface area contributed by atoms with Gasteiger partial charge in [0.2, 0.25) is 5.91 Å². The Bertz CT molecular complexity index is 864. The van der Waals surface area contributed by atoms with Gasteiger partial charge < -0.3 is 20.6 Å². The van der Waals surface area contributed by atoms with Gasteiger partial charge in [0.15, 0.2) is 0 Å². The molecule has 1 aliphatic heterocycles. The molecule has 1 aromatic carbocycles. The highest BCUT2D eigenvalue weighted by Gasteiger charge is 2.26. The minimum absolute atomic E-state index is 0.0586. The lowest BCUT2D eigenvalue weighted by Gasteiger charge is -2.27. The van der Waals surface area contributed by atoms with Crippen molar-refractivity contribution in [3.05, 3.63) is 46.7 Å². The van der Waals surface area contributed by atoms with E-state index in [0.29, 0.717) is 29.2 Å². The molecule has 148 valence electrons. The van der Waals surface area contributed by atoms with Gasteiger partial charge in [0.1, 0.15) is 5.60 Å². The van der Waals surface area contributed by atoms with E-state index in [-0.39, 0.29) is 12.5 Å². The standard InChI is InChI=1S/C20H23N3O4S/c1-20(27,16-8-5-11-28-16)13-21-18(25)19(26)22-14-6-4-7-15(12-14)23-10-3-2-9-17(23)24/h4-8,11-12,27H,2-3,9-10,13H2,1H3,(H,21,25)(H,22,26). The first-order valence-electron chi connectivity index (χ1n) is 9.13. The van der Waals surface area contributed by atoms with Crippen LogP contribution < -0.4 is 15.5 Å². The third-order valence-electron chi connectivity index (χ3n) is 4.59. The van der Waals surface area contributed by atoms with E-state index < -0.39 is 17.4 Å². The molecule has 2 aromatic rings. The number of thiophene rings is 1. The molecule has 2 heterocycles. The van der Waals surface area contributed by atoms with Gasteiger partial charge in [-0.1, -0.05) is 12.1 Å². The van der Waals surface area contributed by atoms with Crippen molar-refractivity contribution in [2.45, 2.75) is 31.8 Å². The number of carbonyl (C=O) groups is 3. The van der Waals surface area contributed by atoms with E-state index in [9.17, 15) is 19.5 Å². The Morgan fingerprint density at radius 1 is 1.21 bits per heavy atom. The van der Waals surface area contributed by atoms with Crippen LogP contribution in [-0.2, 0) is 20.0 Å². The molecular formula is C20H23N3O4S. The zero-order valence-electron chi connectivity index (χ0n) is 15.6. The van der Waals surface area contributed by atoms with Crippen LogP contribution in [0.2, 0.25) is 0 Å². The number of hydrogen-bond acceptors (Lipinski definition) is 5. The van der Waals surface area contributed by atoms with E-state index in [1.165, 1.54) is 11.3 Å². The molecule has 3 N–H and O–H groups in total. The molecule has 0 radical (unpaired) electrons. The molecule has 1 fully saturated rings. The topological polar surface area (TPSA) is 98.7 Å². The van der Waals surface area contributed by atoms with Crippen LogP contribution in [0.3, 0.4) is 0 Å². The van der Waals surface area contributed by atoms with Crippen LogP contribution in [-0.4, -0.2) is 35.9 Å². The van der Waals surface area contributed by atoms with Crippen molar-refractivity contribution in [3.63, 3.8) is 0 Å². The number of benzene rings is 1. The average molecular weight is 401 g/mol. The molecule has 1 aliphatic rings. The number of nitrogens with zero attached hydrogens (tertiary/aromatic N) is 1. The first-order valence-corrected chi connectivity index (χ1v) is 10.0. The van der Waals surface area contributed by atoms with Gasteiger partial charge in [0.05, 0.1) is 6.54 Å². The predicted molar refractivity (Wildman–Crippen MR) is 108 cm³/mol. The van der Waals surface area contributed by atoms with Gasteiger partial charge in [0, 0.05) is 29.2 Å². The molecule has 28 heavy (non-hydrogen) atoms. The van der Waals surface area contributed by atoms with Crippen LogP contribution in [0.1, 0.15) is 31.1 Å². The van der Waals surface area contributed by atoms with Crippen LogP contribution in [0.5, 0.6) is 0 Å². The third-order valence-corrected chi connectivity index (χ3v) is 5.71. The monoisotopic (exact) mass is 401 g/mol. The van der Waals surface area contributed by atoms with Crippen LogP contribution >= 0.6 is 11.3 Å². The summed E-state index contributed by atoms with van der Waals surface area (Å²) < 4.78 is 0. The summed E-state index contributed by atoms with van der Waals surface area (Å²) in [5.41, 5.74) is -0.122. The average Bonchev–Trinajstić information content (AvgIpc) is 3.22.